The summed E-state index contributed by atoms with van der Waals surface area (Å²) in [6.45, 7) is 7.15. The predicted octanol–water partition coefficient (Wildman–Crippen LogP) is 0.936. The lowest BCUT2D eigenvalue weighted by Crippen LogP contribution is -2.41. The molecule has 0 aromatic rings. The van der Waals surface area contributed by atoms with E-state index in [1.165, 1.54) is 0 Å². The van der Waals surface area contributed by atoms with Gasteiger partial charge in [-0.2, -0.15) is 0 Å². The van der Waals surface area contributed by atoms with E-state index in [1.807, 2.05) is 20.8 Å². The number of carbonyl (C=O) groups excluding carboxylic acids is 1. The zero-order valence-electron chi connectivity index (χ0n) is 10.5. The monoisotopic (exact) mass is 229 g/mol. The summed E-state index contributed by atoms with van der Waals surface area (Å²) < 4.78 is 5.48. The van der Waals surface area contributed by atoms with Crippen LogP contribution in [0.2, 0.25) is 0 Å². The Labute approximate surface area is 97.4 Å². The molecule has 1 aliphatic heterocycles. The second-order valence-electron chi connectivity index (χ2n) is 5.25. The average Bonchev–Trinajstić information content (AvgIpc) is 2.74. The third-order valence-corrected chi connectivity index (χ3v) is 3.12. The highest BCUT2D eigenvalue weighted by Crippen LogP contribution is 2.23. The maximum absolute atomic E-state index is 11.9. The molecule has 0 saturated carbocycles. The molecule has 1 rings (SSSR count). The number of hydrogen-bond acceptors (Lipinski definition) is 3. The lowest BCUT2D eigenvalue weighted by Gasteiger charge is -2.24. The van der Waals surface area contributed by atoms with E-state index in [2.05, 4.69) is 5.32 Å². The molecular formula is C12H23NO3. The highest BCUT2D eigenvalue weighted by Gasteiger charge is 2.33. The summed E-state index contributed by atoms with van der Waals surface area (Å²) >= 11 is 0. The first-order valence-electron chi connectivity index (χ1n) is 6.00. The topological polar surface area (TPSA) is 58.6 Å². The Hall–Kier alpha value is -0.610. The van der Waals surface area contributed by atoms with Crippen LogP contribution in [0, 0.1) is 11.3 Å². The molecule has 1 amide bonds. The highest BCUT2D eigenvalue weighted by molar-refractivity contribution is 5.79. The fraction of sp³-hybridized carbons (Fsp3) is 0.917. The fourth-order valence-electron chi connectivity index (χ4n) is 1.86. The van der Waals surface area contributed by atoms with Crippen molar-refractivity contribution in [2.75, 3.05) is 19.8 Å². The van der Waals surface area contributed by atoms with Crippen LogP contribution in [-0.4, -0.2) is 36.9 Å². The first-order valence-corrected chi connectivity index (χ1v) is 6.00. The number of aliphatic hydroxyl groups excluding tert-OH is 1. The molecule has 1 aliphatic rings. The van der Waals surface area contributed by atoms with Gasteiger partial charge in [0.05, 0.1) is 12.0 Å². The Morgan fingerprint density at radius 1 is 1.56 bits per heavy atom. The third-order valence-electron chi connectivity index (χ3n) is 3.12. The highest BCUT2D eigenvalue weighted by atomic mass is 16.5. The Morgan fingerprint density at radius 2 is 2.25 bits per heavy atom. The van der Waals surface area contributed by atoms with Crippen molar-refractivity contribution < 1.29 is 14.6 Å². The van der Waals surface area contributed by atoms with Crippen LogP contribution < -0.4 is 5.32 Å². The van der Waals surface area contributed by atoms with Crippen LogP contribution >= 0.6 is 0 Å². The molecule has 1 fully saturated rings. The lowest BCUT2D eigenvalue weighted by atomic mass is 9.93. The zero-order valence-corrected chi connectivity index (χ0v) is 10.5. The number of rotatable bonds is 5. The summed E-state index contributed by atoms with van der Waals surface area (Å²) in [6, 6.07) is 0. The molecule has 94 valence electrons. The van der Waals surface area contributed by atoms with E-state index in [0.29, 0.717) is 13.2 Å². The normalized spacial score (nSPS) is 25.8. The molecule has 0 spiro atoms. The largest absolute Gasteiger partial charge is 0.396 e. The van der Waals surface area contributed by atoms with Crippen LogP contribution in [0.25, 0.3) is 0 Å². The van der Waals surface area contributed by atoms with Gasteiger partial charge in [0, 0.05) is 25.2 Å². The van der Waals surface area contributed by atoms with E-state index >= 15 is 0 Å². The van der Waals surface area contributed by atoms with E-state index < -0.39 is 0 Å². The fourth-order valence-corrected chi connectivity index (χ4v) is 1.86. The molecule has 1 heterocycles. The van der Waals surface area contributed by atoms with Crippen LogP contribution in [0.1, 0.15) is 33.6 Å². The van der Waals surface area contributed by atoms with Gasteiger partial charge in [-0.05, 0) is 12.8 Å². The molecule has 0 aromatic heterocycles. The van der Waals surface area contributed by atoms with Crippen molar-refractivity contribution >= 4 is 5.91 Å². The molecule has 0 bridgehead atoms. The van der Waals surface area contributed by atoms with Crippen LogP contribution in [0.3, 0.4) is 0 Å². The van der Waals surface area contributed by atoms with Crippen LogP contribution in [-0.2, 0) is 9.53 Å². The van der Waals surface area contributed by atoms with Gasteiger partial charge >= 0.3 is 0 Å². The zero-order chi connectivity index (χ0) is 12.2. The molecule has 2 unspecified atom stereocenters. The number of nitrogens with one attached hydrogen (secondary N) is 1. The molecule has 0 aliphatic carbocycles. The third kappa shape index (κ3) is 3.46. The summed E-state index contributed by atoms with van der Waals surface area (Å²) in [5, 5.41) is 12.0. The molecule has 4 nitrogen and oxygen atoms in total. The van der Waals surface area contributed by atoms with Crippen LogP contribution in [0.4, 0.5) is 0 Å². The molecule has 1 saturated heterocycles. The molecule has 2 atom stereocenters. The van der Waals surface area contributed by atoms with Crippen molar-refractivity contribution in [2.24, 2.45) is 11.3 Å². The van der Waals surface area contributed by atoms with Crippen LogP contribution in [0.5, 0.6) is 0 Å². The number of hydrogen-bond donors (Lipinski definition) is 2. The number of carbonyl (C=O) groups is 1. The maximum Gasteiger partial charge on any atom is 0.225 e. The summed E-state index contributed by atoms with van der Waals surface area (Å²) in [4.78, 5) is 11.9. The van der Waals surface area contributed by atoms with Gasteiger partial charge in [0.2, 0.25) is 5.91 Å². The summed E-state index contributed by atoms with van der Waals surface area (Å²) in [5.41, 5.74) is -0.253. The quantitative estimate of drug-likeness (QED) is 0.737. The molecular weight excluding hydrogens is 206 g/mol. The average molecular weight is 229 g/mol. The van der Waals surface area contributed by atoms with E-state index in [4.69, 9.17) is 9.84 Å². The summed E-state index contributed by atoms with van der Waals surface area (Å²) in [5.74, 6) is 0.0466. The van der Waals surface area contributed by atoms with Crippen molar-refractivity contribution in [1.82, 2.24) is 5.32 Å². The van der Waals surface area contributed by atoms with Gasteiger partial charge in [0.25, 0.3) is 0 Å². The molecule has 4 heteroatoms. The maximum atomic E-state index is 11.9. The predicted molar refractivity (Wildman–Crippen MR) is 62.0 cm³/mol. The van der Waals surface area contributed by atoms with Crippen molar-refractivity contribution in [1.29, 1.82) is 0 Å². The lowest BCUT2D eigenvalue weighted by molar-refractivity contribution is -0.127. The van der Waals surface area contributed by atoms with Gasteiger partial charge in [0.1, 0.15) is 0 Å². The first kappa shape index (κ1) is 13.5. The van der Waals surface area contributed by atoms with E-state index in [1.54, 1.807) is 0 Å². The minimum atomic E-state index is -0.253. The summed E-state index contributed by atoms with van der Waals surface area (Å²) in [7, 11) is 0. The Morgan fingerprint density at radius 3 is 2.81 bits per heavy atom. The van der Waals surface area contributed by atoms with E-state index in [9.17, 15) is 4.79 Å². The van der Waals surface area contributed by atoms with Gasteiger partial charge in [-0.25, -0.2) is 0 Å². The van der Waals surface area contributed by atoms with Crippen molar-refractivity contribution in [2.45, 2.75) is 39.7 Å². The number of ether oxygens (including phenoxy) is 1. The van der Waals surface area contributed by atoms with E-state index in [0.717, 1.165) is 12.8 Å². The molecule has 0 radical (unpaired) electrons. The Kier molecular flexibility index (Phi) is 4.74. The Balaban J connectivity index is 2.40. The minimum Gasteiger partial charge on any atom is -0.396 e. The number of aliphatic hydroxyl groups is 1. The minimum absolute atomic E-state index is 0.0144. The molecule has 2 N–H and O–H groups in total. The Bertz CT molecular complexity index is 240. The number of amides is 1. The molecule has 16 heavy (non-hydrogen) atoms. The van der Waals surface area contributed by atoms with Crippen molar-refractivity contribution in [3.05, 3.63) is 0 Å². The van der Waals surface area contributed by atoms with Crippen LogP contribution in [0.15, 0.2) is 0 Å². The van der Waals surface area contributed by atoms with E-state index in [-0.39, 0.29) is 30.0 Å². The van der Waals surface area contributed by atoms with Gasteiger partial charge in [-0.3, -0.25) is 4.79 Å². The molecule has 0 aromatic carbocycles. The standard InChI is InChI=1S/C12H23NO3/c1-4-10-9(5-6-16-10)11(15)13-7-12(2,3)8-14/h9-10,14H,4-8H2,1-3H3,(H,13,15). The SMILES string of the molecule is CCC1OCCC1C(=O)NCC(C)(C)CO. The smallest absolute Gasteiger partial charge is 0.225 e. The second-order valence-corrected chi connectivity index (χ2v) is 5.25. The van der Waals surface area contributed by atoms with Gasteiger partial charge in [-0.15, -0.1) is 0 Å². The first-order chi connectivity index (χ1) is 7.50. The van der Waals surface area contributed by atoms with Gasteiger partial charge < -0.3 is 15.2 Å². The van der Waals surface area contributed by atoms with Gasteiger partial charge in [-0.1, -0.05) is 20.8 Å². The van der Waals surface area contributed by atoms with Gasteiger partial charge in [0.15, 0.2) is 0 Å². The van der Waals surface area contributed by atoms with Crippen molar-refractivity contribution in [3.8, 4) is 0 Å². The summed E-state index contributed by atoms with van der Waals surface area (Å²) in [6.07, 6.45) is 1.75. The van der Waals surface area contributed by atoms with Crippen molar-refractivity contribution in [3.63, 3.8) is 0 Å². The second kappa shape index (κ2) is 5.64.